The van der Waals surface area contributed by atoms with E-state index >= 15 is 0 Å². The van der Waals surface area contributed by atoms with Crippen molar-refractivity contribution in [2.75, 3.05) is 0 Å². The van der Waals surface area contributed by atoms with E-state index in [9.17, 15) is 10.1 Å². The number of nitrogens with zero attached hydrogens (tertiary/aromatic N) is 1. The number of rotatable bonds is 1. The lowest BCUT2D eigenvalue weighted by Gasteiger charge is -2.09. The van der Waals surface area contributed by atoms with Crippen LogP contribution in [0.15, 0.2) is 12.2 Å². The lowest BCUT2D eigenvalue weighted by atomic mass is 10.0. The Morgan fingerprint density at radius 1 is 1.78 bits per heavy atom. The van der Waals surface area contributed by atoms with Crippen LogP contribution >= 0.6 is 0 Å². The second-order valence-electron chi connectivity index (χ2n) is 2.56. The first-order valence-corrected chi connectivity index (χ1v) is 2.97. The van der Waals surface area contributed by atoms with Gasteiger partial charge in [0.05, 0.1) is 0 Å². The van der Waals surface area contributed by atoms with Gasteiger partial charge in [0, 0.05) is 18.3 Å². The average Bonchev–Trinajstić information content (AvgIpc) is 2.16. The molecule has 0 aromatic heterocycles. The highest BCUT2D eigenvalue weighted by molar-refractivity contribution is 5.05. The molecule has 1 aliphatic rings. The summed E-state index contributed by atoms with van der Waals surface area (Å²) in [5.74, 6) is 0. The molecule has 0 unspecified atom stereocenters. The zero-order valence-corrected chi connectivity index (χ0v) is 5.33. The summed E-state index contributed by atoms with van der Waals surface area (Å²) in [5, 5.41) is 10.3. The Balaban J connectivity index is 2.74. The summed E-state index contributed by atoms with van der Waals surface area (Å²) in [5.41, 5.74) is -0.764. The highest BCUT2D eigenvalue weighted by Crippen LogP contribution is 2.24. The monoisotopic (exact) mass is 127 g/mol. The second kappa shape index (κ2) is 1.83. The molecule has 0 saturated heterocycles. The zero-order chi connectivity index (χ0) is 6.91. The molecule has 0 radical (unpaired) electrons. The van der Waals surface area contributed by atoms with Crippen LogP contribution in [0.5, 0.6) is 0 Å². The molecular formula is C6H9NO2. The van der Waals surface area contributed by atoms with Crippen LogP contribution in [0, 0.1) is 10.1 Å². The maximum Gasteiger partial charge on any atom is 0.237 e. The lowest BCUT2D eigenvalue weighted by molar-refractivity contribution is -0.549. The fourth-order valence-corrected chi connectivity index (χ4v) is 0.948. The van der Waals surface area contributed by atoms with E-state index in [0.717, 1.165) is 6.42 Å². The molecule has 0 heterocycles. The van der Waals surface area contributed by atoms with Gasteiger partial charge >= 0.3 is 0 Å². The van der Waals surface area contributed by atoms with Gasteiger partial charge in [0.25, 0.3) is 0 Å². The van der Waals surface area contributed by atoms with Gasteiger partial charge in [0.15, 0.2) is 0 Å². The minimum atomic E-state index is -0.764. The molecule has 1 rings (SSSR count). The standard InChI is InChI=1S/C6H9NO2/c1-6(7(8)9)4-2-3-5-6/h2,4H,3,5H2,1H3/t6-/m0/s1. The first-order valence-electron chi connectivity index (χ1n) is 2.97. The smallest absolute Gasteiger partial charge is 0.237 e. The summed E-state index contributed by atoms with van der Waals surface area (Å²) in [7, 11) is 0. The van der Waals surface area contributed by atoms with E-state index in [0.29, 0.717) is 6.42 Å². The Hall–Kier alpha value is -0.860. The maximum atomic E-state index is 10.3. The molecule has 50 valence electrons. The van der Waals surface area contributed by atoms with Crippen LogP contribution in [0.2, 0.25) is 0 Å². The molecule has 0 N–H and O–H groups in total. The summed E-state index contributed by atoms with van der Waals surface area (Å²) in [6.07, 6.45) is 5.04. The Labute approximate surface area is 53.5 Å². The van der Waals surface area contributed by atoms with Crippen molar-refractivity contribution < 1.29 is 4.92 Å². The minimum absolute atomic E-state index is 0.226. The van der Waals surface area contributed by atoms with Gasteiger partial charge in [-0.25, -0.2) is 0 Å². The molecule has 1 aliphatic carbocycles. The maximum absolute atomic E-state index is 10.3. The Kier molecular flexibility index (Phi) is 1.27. The number of nitro groups is 1. The van der Waals surface area contributed by atoms with Crippen LogP contribution in [-0.4, -0.2) is 10.5 Å². The molecule has 0 amide bonds. The van der Waals surface area contributed by atoms with Crippen molar-refractivity contribution in [3.63, 3.8) is 0 Å². The first kappa shape index (κ1) is 6.26. The van der Waals surface area contributed by atoms with Crippen LogP contribution in [0.25, 0.3) is 0 Å². The van der Waals surface area contributed by atoms with E-state index in [1.807, 2.05) is 6.08 Å². The van der Waals surface area contributed by atoms with Gasteiger partial charge in [-0.05, 0) is 12.5 Å². The molecule has 0 saturated carbocycles. The summed E-state index contributed by atoms with van der Waals surface area (Å²) in [4.78, 5) is 10.1. The summed E-state index contributed by atoms with van der Waals surface area (Å²) in [6.45, 7) is 1.65. The number of hydrogen-bond acceptors (Lipinski definition) is 2. The van der Waals surface area contributed by atoms with E-state index in [1.165, 1.54) is 0 Å². The van der Waals surface area contributed by atoms with E-state index < -0.39 is 5.54 Å². The van der Waals surface area contributed by atoms with Gasteiger partial charge in [-0.2, -0.15) is 0 Å². The third-order valence-corrected chi connectivity index (χ3v) is 1.71. The summed E-state index contributed by atoms with van der Waals surface area (Å²) >= 11 is 0. The fourth-order valence-electron chi connectivity index (χ4n) is 0.948. The largest absolute Gasteiger partial charge is 0.264 e. The summed E-state index contributed by atoms with van der Waals surface area (Å²) < 4.78 is 0. The minimum Gasteiger partial charge on any atom is -0.264 e. The molecular weight excluding hydrogens is 118 g/mol. The van der Waals surface area contributed by atoms with Crippen molar-refractivity contribution in [2.24, 2.45) is 0 Å². The van der Waals surface area contributed by atoms with Gasteiger partial charge in [0.2, 0.25) is 5.54 Å². The second-order valence-corrected chi connectivity index (χ2v) is 2.56. The summed E-state index contributed by atoms with van der Waals surface area (Å²) in [6, 6.07) is 0. The predicted octanol–water partition coefficient (Wildman–Crippen LogP) is 1.37. The van der Waals surface area contributed by atoms with Crippen molar-refractivity contribution in [3.8, 4) is 0 Å². The molecule has 1 atom stereocenters. The molecule has 0 aromatic rings. The van der Waals surface area contributed by atoms with Crippen molar-refractivity contribution in [2.45, 2.75) is 25.3 Å². The number of hydrogen-bond donors (Lipinski definition) is 0. The normalized spacial score (nSPS) is 33.0. The molecule has 0 spiro atoms. The number of allylic oxidation sites excluding steroid dienone is 1. The molecule has 0 bridgehead atoms. The van der Waals surface area contributed by atoms with Crippen molar-refractivity contribution in [1.29, 1.82) is 0 Å². The van der Waals surface area contributed by atoms with Crippen LogP contribution in [-0.2, 0) is 0 Å². The third-order valence-electron chi connectivity index (χ3n) is 1.71. The third kappa shape index (κ3) is 0.943. The topological polar surface area (TPSA) is 43.1 Å². The molecule has 0 aliphatic heterocycles. The average molecular weight is 127 g/mol. The molecule has 3 heteroatoms. The van der Waals surface area contributed by atoms with Crippen molar-refractivity contribution in [3.05, 3.63) is 22.3 Å². The molecule has 3 nitrogen and oxygen atoms in total. The Bertz CT molecular complexity index is 164. The fraction of sp³-hybridized carbons (Fsp3) is 0.667. The van der Waals surface area contributed by atoms with Gasteiger partial charge in [-0.15, -0.1) is 0 Å². The van der Waals surface area contributed by atoms with E-state index in [2.05, 4.69) is 0 Å². The first-order chi connectivity index (χ1) is 4.15. The molecule has 0 aromatic carbocycles. The van der Waals surface area contributed by atoms with E-state index in [1.54, 1.807) is 13.0 Å². The quantitative estimate of drug-likeness (QED) is 0.303. The van der Waals surface area contributed by atoms with Gasteiger partial charge in [-0.1, -0.05) is 6.08 Å². The predicted molar refractivity (Wildman–Crippen MR) is 33.8 cm³/mol. The molecule has 0 fully saturated rings. The van der Waals surface area contributed by atoms with Gasteiger partial charge in [0.1, 0.15) is 0 Å². The van der Waals surface area contributed by atoms with Crippen LogP contribution in [0.1, 0.15) is 19.8 Å². The highest BCUT2D eigenvalue weighted by atomic mass is 16.6. The van der Waals surface area contributed by atoms with E-state index in [-0.39, 0.29) is 4.92 Å². The highest BCUT2D eigenvalue weighted by Gasteiger charge is 2.35. The lowest BCUT2D eigenvalue weighted by Crippen LogP contribution is -2.29. The van der Waals surface area contributed by atoms with Crippen LogP contribution in [0.3, 0.4) is 0 Å². The molecule has 9 heavy (non-hydrogen) atoms. The van der Waals surface area contributed by atoms with Crippen LogP contribution < -0.4 is 0 Å². The van der Waals surface area contributed by atoms with Crippen molar-refractivity contribution in [1.82, 2.24) is 0 Å². The van der Waals surface area contributed by atoms with Gasteiger partial charge in [-0.3, -0.25) is 10.1 Å². The Morgan fingerprint density at radius 2 is 2.44 bits per heavy atom. The SMILES string of the molecule is C[C@]1([N+](=O)[O-])C=CCC1. The van der Waals surface area contributed by atoms with E-state index in [4.69, 9.17) is 0 Å². The zero-order valence-electron chi connectivity index (χ0n) is 5.33. The van der Waals surface area contributed by atoms with Crippen molar-refractivity contribution >= 4 is 0 Å². The van der Waals surface area contributed by atoms with Gasteiger partial charge < -0.3 is 0 Å². The Morgan fingerprint density at radius 3 is 2.67 bits per heavy atom. The van der Waals surface area contributed by atoms with Crippen LogP contribution in [0.4, 0.5) is 0 Å².